The third kappa shape index (κ3) is 3.48. The van der Waals surface area contributed by atoms with Gasteiger partial charge < -0.3 is 20.3 Å². The van der Waals surface area contributed by atoms with Crippen molar-refractivity contribution in [3.63, 3.8) is 0 Å². The molecule has 0 fully saturated rings. The van der Waals surface area contributed by atoms with Crippen LogP contribution in [-0.4, -0.2) is 33.8 Å². The summed E-state index contributed by atoms with van der Waals surface area (Å²) in [6.45, 7) is 0. The minimum atomic E-state index is -1.30. The molecule has 0 saturated heterocycles. The molecule has 0 radical (unpaired) electrons. The van der Waals surface area contributed by atoms with Crippen LogP contribution in [0.2, 0.25) is 0 Å². The number of carbonyl (C=O) groups excluding carboxylic acids is 1. The van der Waals surface area contributed by atoms with Gasteiger partial charge in [0.15, 0.2) is 0 Å². The van der Waals surface area contributed by atoms with Gasteiger partial charge in [0.1, 0.15) is 17.2 Å². The summed E-state index contributed by atoms with van der Waals surface area (Å²) in [4.78, 5) is 27.3. The fourth-order valence-corrected chi connectivity index (χ4v) is 2.33. The Balaban J connectivity index is 1.94. The highest BCUT2D eigenvalue weighted by atomic mass is 16.5. The van der Waals surface area contributed by atoms with Crippen molar-refractivity contribution in [1.29, 1.82) is 0 Å². The molecule has 2 heterocycles. The number of esters is 1. The van der Waals surface area contributed by atoms with Crippen molar-refractivity contribution in [2.45, 2.75) is 0 Å². The molecule has 0 saturated carbocycles. The summed E-state index contributed by atoms with van der Waals surface area (Å²) < 4.78 is 11.1. The number of methoxy groups -OCH3 is 1. The number of ether oxygens (including phenoxy) is 2. The number of pyridine rings is 1. The fraction of sp³-hybridized carbons (Fsp3) is 0.0556. The summed E-state index contributed by atoms with van der Waals surface area (Å²) in [6.07, 6.45) is 1.52. The van der Waals surface area contributed by atoms with Crippen LogP contribution >= 0.6 is 0 Å². The van der Waals surface area contributed by atoms with Crippen LogP contribution in [-0.2, 0) is 4.74 Å². The van der Waals surface area contributed by atoms with Gasteiger partial charge in [-0.2, -0.15) is 0 Å². The minimum Gasteiger partial charge on any atom is -0.464 e. The van der Waals surface area contributed by atoms with Gasteiger partial charge in [-0.15, -0.1) is 0 Å². The second-order valence-electron chi connectivity index (χ2n) is 5.31. The molecular formula is C18H15N3O5. The molecule has 132 valence electrons. The fourth-order valence-electron chi connectivity index (χ4n) is 2.33. The van der Waals surface area contributed by atoms with Crippen LogP contribution < -0.4 is 10.5 Å². The van der Waals surface area contributed by atoms with E-state index in [1.165, 1.54) is 25.6 Å². The second kappa shape index (κ2) is 6.98. The van der Waals surface area contributed by atoms with Crippen molar-refractivity contribution < 1.29 is 24.2 Å². The molecule has 3 rings (SSSR count). The summed E-state index contributed by atoms with van der Waals surface area (Å²) in [6, 6.07) is 11.6. The van der Waals surface area contributed by atoms with Gasteiger partial charge in [0.2, 0.25) is 0 Å². The molecule has 8 nitrogen and oxygen atoms in total. The molecular weight excluding hydrogens is 338 g/mol. The quantitative estimate of drug-likeness (QED) is 0.546. The summed E-state index contributed by atoms with van der Waals surface area (Å²) in [5.41, 5.74) is 7.04. The highest BCUT2D eigenvalue weighted by molar-refractivity contribution is 5.93. The van der Waals surface area contributed by atoms with Crippen LogP contribution in [0, 0.1) is 0 Å². The number of benzene rings is 1. The Labute approximate surface area is 148 Å². The number of rotatable bonds is 4. The molecule has 3 aromatic rings. The van der Waals surface area contributed by atoms with E-state index in [2.05, 4.69) is 9.72 Å². The number of hydrogen-bond donors (Lipinski definition) is 2. The predicted octanol–water partition coefficient (Wildman–Crippen LogP) is 3.24. The van der Waals surface area contributed by atoms with E-state index in [1.54, 1.807) is 36.4 Å². The van der Waals surface area contributed by atoms with Crippen molar-refractivity contribution in [2.24, 2.45) is 0 Å². The molecule has 3 N–H and O–H groups in total. The first-order chi connectivity index (χ1) is 12.5. The standard InChI is InChI=1S/C18H15N3O5/c1-25-17(22)16-8-11(10-21(16)18(23)24)15-9-14(6-7-20-15)26-13-4-2-12(19)3-5-13/h2-10H,19H2,1H3,(H,23,24). The van der Waals surface area contributed by atoms with Crippen molar-refractivity contribution in [2.75, 3.05) is 12.8 Å². The Bertz CT molecular complexity index is 963. The lowest BCUT2D eigenvalue weighted by atomic mass is 10.2. The molecule has 0 spiro atoms. The third-order valence-electron chi connectivity index (χ3n) is 3.56. The maximum absolute atomic E-state index is 11.8. The smallest absolute Gasteiger partial charge is 0.416 e. The lowest BCUT2D eigenvalue weighted by Gasteiger charge is -2.07. The van der Waals surface area contributed by atoms with Crippen LogP contribution in [0.1, 0.15) is 10.5 Å². The van der Waals surface area contributed by atoms with Crippen LogP contribution in [0.4, 0.5) is 10.5 Å². The molecule has 2 aromatic heterocycles. The third-order valence-corrected chi connectivity index (χ3v) is 3.56. The highest BCUT2D eigenvalue weighted by Crippen LogP contribution is 2.27. The number of nitrogen functional groups attached to an aromatic ring is 1. The second-order valence-corrected chi connectivity index (χ2v) is 5.31. The largest absolute Gasteiger partial charge is 0.464 e. The zero-order valence-electron chi connectivity index (χ0n) is 13.7. The van der Waals surface area contributed by atoms with E-state index >= 15 is 0 Å². The maximum Gasteiger partial charge on any atom is 0.416 e. The van der Waals surface area contributed by atoms with Gasteiger partial charge in [-0.3, -0.25) is 4.98 Å². The van der Waals surface area contributed by atoms with Crippen LogP contribution in [0.15, 0.2) is 54.9 Å². The Kier molecular flexibility index (Phi) is 4.57. The van der Waals surface area contributed by atoms with E-state index in [9.17, 15) is 14.7 Å². The maximum atomic E-state index is 11.8. The molecule has 26 heavy (non-hydrogen) atoms. The van der Waals surface area contributed by atoms with Crippen molar-refractivity contribution >= 4 is 17.7 Å². The molecule has 0 aliphatic carbocycles. The number of aromatic nitrogens is 2. The van der Waals surface area contributed by atoms with E-state index in [4.69, 9.17) is 10.5 Å². The van der Waals surface area contributed by atoms with Crippen molar-refractivity contribution in [1.82, 2.24) is 9.55 Å². The molecule has 0 unspecified atom stereocenters. The lowest BCUT2D eigenvalue weighted by molar-refractivity contribution is 0.0588. The number of carboxylic acid groups (broad SMARTS) is 1. The predicted molar refractivity (Wildman–Crippen MR) is 93.4 cm³/mol. The van der Waals surface area contributed by atoms with Gasteiger partial charge >= 0.3 is 12.1 Å². The molecule has 0 aliphatic rings. The van der Waals surface area contributed by atoms with Crippen LogP contribution in [0.25, 0.3) is 11.3 Å². The van der Waals surface area contributed by atoms with Crippen molar-refractivity contribution in [3.05, 3.63) is 60.6 Å². The van der Waals surface area contributed by atoms with Gasteiger partial charge in [-0.25, -0.2) is 14.2 Å². The van der Waals surface area contributed by atoms with E-state index < -0.39 is 12.1 Å². The van der Waals surface area contributed by atoms with E-state index in [-0.39, 0.29) is 5.69 Å². The van der Waals surface area contributed by atoms with Crippen LogP contribution in [0.5, 0.6) is 11.5 Å². The van der Waals surface area contributed by atoms with E-state index in [0.29, 0.717) is 28.4 Å². The molecule has 1 aromatic carbocycles. The average molecular weight is 353 g/mol. The first kappa shape index (κ1) is 17.0. The Morgan fingerprint density at radius 3 is 2.50 bits per heavy atom. The molecule has 0 aliphatic heterocycles. The number of nitrogens with two attached hydrogens (primary N) is 1. The summed E-state index contributed by atoms with van der Waals surface area (Å²) in [5.74, 6) is 0.338. The average Bonchev–Trinajstić information content (AvgIpc) is 3.09. The topological polar surface area (TPSA) is 117 Å². The number of nitrogens with zero attached hydrogens (tertiary/aromatic N) is 2. The number of carbonyl (C=O) groups is 2. The summed E-state index contributed by atoms with van der Waals surface area (Å²) in [5, 5.41) is 9.24. The van der Waals surface area contributed by atoms with Gasteiger partial charge in [0, 0.05) is 29.7 Å². The van der Waals surface area contributed by atoms with Gasteiger partial charge in [-0.1, -0.05) is 0 Å². The summed E-state index contributed by atoms with van der Waals surface area (Å²) >= 11 is 0. The SMILES string of the molecule is COC(=O)c1cc(-c2cc(Oc3ccc(N)cc3)ccn2)cn1C(=O)O. The van der Waals surface area contributed by atoms with E-state index in [1.807, 2.05) is 0 Å². The number of anilines is 1. The van der Waals surface area contributed by atoms with Gasteiger partial charge in [0.05, 0.1) is 12.8 Å². The first-order valence-electron chi connectivity index (χ1n) is 7.52. The zero-order valence-corrected chi connectivity index (χ0v) is 13.7. The van der Waals surface area contributed by atoms with Gasteiger partial charge in [-0.05, 0) is 36.4 Å². The monoisotopic (exact) mass is 353 g/mol. The lowest BCUT2D eigenvalue weighted by Crippen LogP contribution is -2.15. The zero-order chi connectivity index (χ0) is 18.7. The molecule has 0 amide bonds. The molecule has 0 bridgehead atoms. The normalized spacial score (nSPS) is 10.3. The minimum absolute atomic E-state index is 0.110. The van der Waals surface area contributed by atoms with Crippen molar-refractivity contribution in [3.8, 4) is 22.8 Å². The summed E-state index contributed by atoms with van der Waals surface area (Å²) in [7, 11) is 1.18. The Morgan fingerprint density at radius 1 is 1.12 bits per heavy atom. The van der Waals surface area contributed by atoms with Crippen LogP contribution in [0.3, 0.4) is 0 Å². The van der Waals surface area contributed by atoms with Gasteiger partial charge in [0.25, 0.3) is 0 Å². The Morgan fingerprint density at radius 2 is 1.85 bits per heavy atom. The Hall–Kier alpha value is -3.81. The molecule has 8 heteroatoms. The molecule has 0 atom stereocenters. The highest BCUT2D eigenvalue weighted by Gasteiger charge is 2.19. The first-order valence-corrected chi connectivity index (χ1v) is 7.52. The number of hydrogen-bond acceptors (Lipinski definition) is 6. The van der Waals surface area contributed by atoms with E-state index in [0.717, 1.165) is 4.57 Å².